The summed E-state index contributed by atoms with van der Waals surface area (Å²) in [6, 6.07) is 8.89. The van der Waals surface area contributed by atoms with Crippen LogP contribution in [-0.4, -0.2) is 11.8 Å². The molecule has 0 spiro atoms. The maximum absolute atomic E-state index is 11.0. The average Bonchev–Trinajstić information content (AvgIpc) is 2.15. The van der Waals surface area contributed by atoms with Crippen LogP contribution in [0.15, 0.2) is 30.3 Å². The van der Waals surface area contributed by atoms with E-state index in [1.807, 2.05) is 6.07 Å². The lowest BCUT2D eigenvalue weighted by Gasteiger charge is -2.10. The smallest absolute Gasteiger partial charge is 0.225 e. The molecular weight excluding hydrogens is 180 g/mol. The van der Waals surface area contributed by atoms with Gasteiger partial charge in [0.2, 0.25) is 11.8 Å². The van der Waals surface area contributed by atoms with Crippen molar-refractivity contribution in [1.29, 1.82) is 0 Å². The molecule has 0 saturated carbocycles. The van der Waals surface area contributed by atoms with E-state index in [9.17, 15) is 9.59 Å². The molecule has 14 heavy (non-hydrogen) atoms. The quantitative estimate of drug-likeness (QED) is 0.710. The molecule has 0 bridgehead atoms. The van der Waals surface area contributed by atoms with Crippen molar-refractivity contribution < 1.29 is 9.59 Å². The minimum atomic E-state index is -0.617. The van der Waals surface area contributed by atoms with Crippen LogP contribution >= 0.6 is 0 Å². The Morgan fingerprint density at radius 1 is 1.14 bits per heavy atom. The molecule has 0 saturated heterocycles. The molecule has 0 fully saturated rings. The van der Waals surface area contributed by atoms with Crippen LogP contribution in [-0.2, 0) is 9.59 Å². The fourth-order valence-electron chi connectivity index (χ4n) is 1.27. The van der Waals surface area contributed by atoms with Gasteiger partial charge in [0.05, 0.1) is 5.92 Å². The molecule has 0 aliphatic carbocycles. The molecule has 74 valence electrons. The van der Waals surface area contributed by atoms with Gasteiger partial charge in [0.1, 0.15) is 0 Å². The number of nitrogens with two attached hydrogens (primary N) is 2. The second kappa shape index (κ2) is 4.41. The first-order valence-electron chi connectivity index (χ1n) is 4.24. The Kier molecular flexibility index (Phi) is 3.23. The zero-order valence-electron chi connectivity index (χ0n) is 7.64. The number of benzene rings is 1. The van der Waals surface area contributed by atoms with Crippen molar-refractivity contribution in [3.05, 3.63) is 35.9 Å². The van der Waals surface area contributed by atoms with Crippen LogP contribution in [0.3, 0.4) is 0 Å². The summed E-state index contributed by atoms with van der Waals surface area (Å²) < 4.78 is 0. The molecule has 0 aliphatic heterocycles. The highest BCUT2D eigenvalue weighted by molar-refractivity contribution is 5.88. The monoisotopic (exact) mass is 192 g/mol. The van der Waals surface area contributed by atoms with Crippen LogP contribution in [0.2, 0.25) is 0 Å². The SMILES string of the molecule is NC(=O)C[C@H](C(N)=O)c1ccccc1. The summed E-state index contributed by atoms with van der Waals surface area (Å²) in [5.41, 5.74) is 10.9. The van der Waals surface area contributed by atoms with E-state index in [0.717, 1.165) is 5.56 Å². The van der Waals surface area contributed by atoms with Gasteiger partial charge in [0.15, 0.2) is 0 Å². The first-order valence-corrected chi connectivity index (χ1v) is 4.24. The number of amides is 2. The summed E-state index contributed by atoms with van der Waals surface area (Å²) in [4.78, 5) is 21.8. The number of rotatable bonds is 4. The summed E-state index contributed by atoms with van der Waals surface area (Å²) in [7, 11) is 0. The summed E-state index contributed by atoms with van der Waals surface area (Å²) in [6.45, 7) is 0. The maximum Gasteiger partial charge on any atom is 0.225 e. The van der Waals surface area contributed by atoms with E-state index in [1.165, 1.54) is 0 Å². The lowest BCUT2D eigenvalue weighted by atomic mass is 9.95. The summed E-state index contributed by atoms with van der Waals surface area (Å²) in [5, 5.41) is 0. The molecule has 1 aromatic carbocycles. The topological polar surface area (TPSA) is 86.2 Å². The van der Waals surface area contributed by atoms with Gasteiger partial charge in [-0.05, 0) is 5.56 Å². The van der Waals surface area contributed by atoms with E-state index in [-0.39, 0.29) is 6.42 Å². The lowest BCUT2D eigenvalue weighted by molar-refractivity contribution is -0.124. The summed E-state index contributed by atoms with van der Waals surface area (Å²) in [6.07, 6.45) is -0.0423. The third-order valence-electron chi connectivity index (χ3n) is 1.95. The van der Waals surface area contributed by atoms with Crippen LogP contribution in [0.4, 0.5) is 0 Å². The molecule has 0 aliphatic rings. The molecule has 1 aromatic rings. The van der Waals surface area contributed by atoms with Crippen molar-refractivity contribution in [2.45, 2.75) is 12.3 Å². The first-order chi connectivity index (χ1) is 6.61. The van der Waals surface area contributed by atoms with E-state index in [0.29, 0.717) is 0 Å². The fraction of sp³-hybridized carbons (Fsp3) is 0.200. The normalized spacial score (nSPS) is 12.0. The van der Waals surface area contributed by atoms with Gasteiger partial charge in [-0.3, -0.25) is 9.59 Å². The number of carbonyl (C=O) groups is 2. The molecule has 4 nitrogen and oxygen atoms in total. The maximum atomic E-state index is 11.0. The largest absolute Gasteiger partial charge is 0.370 e. The van der Waals surface area contributed by atoms with E-state index >= 15 is 0 Å². The van der Waals surface area contributed by atoms with Crippen molar-refractivity contribution in [2.75, 3.05) is 0 Å². The molecule has 0 unspecified atom stereocenters. The Morgan fingerprint density at radius 3 is 2.14 bits per heavy atom. The van der Waals surface area contributed by atoms with Crippen molar-refractivity contribution in [2.24, 2.45) is 11.5 Å². The number of hydrogen-bond acceptors (Lipinski definition) is 2. The van der Waals surface area contributed by atoms with Gasteiger partial charge < -0.3 is 11.5 Å². The van der Waals surface area contributed by atoms with Crippen LogP contribution < -0.4 is 11.5 Å². The highest BCUT2D eigenvalue weighted by Crippen LogP contribution is 2.18. The van der Waals surface area contributed by atoms with Crippen LogP contribution in [0, 0.1) is 0 Å². The zero-order valence-corrected chi connectivity index (χ0v) is 7.64. The Labute approximate surface area is 81.9 Å². The molecule has 0 heterocycles. The Morgan fingerprint density at radius 2 is 1.71 bits per heavy atom. The van der Waals surface area contributed by atoms with Gasteiger partial charge in [-0.2, -0.15) is 0 Å². The van der Waals surface area contributed by atoms with Crippen molar-refractivity contribution in [3.8, 4) is 0 Å². The molecule has 1 rings (SSSR count). The molecular formula is C10H12N2O2. The van der Waals surface area contributed by atoms with E-state index < -0.39 is 17.7 Å². The number of primary amides is 2. The lowest BCUT2D eigenvalue weighted by Crippen LogP contribution is -2.26. The zero-order chi connectivity index (χ0) is 10.6. The second-order valence-corrected chi connectivity index (χ2v) is 3.04. The molecule has 0 aromatic heterocycles. The first kappa shape index (κ1) is 10.2. The highest BCUT2D eigenvalue weighted by atomic mass is 16.2. The van der Waals surface area contributed by atoms with Crippen LogP contribution in [0.1, 0.15) is 17.9 Å². The van der Waals surface area contributed by atoms with Crippen LogP contribution in [0.25, 0.3) is 0 Å². The molecule has 0 radical (unpaired) electrons. The number of carbonyl (C=O) groups excluding carboxylic acids is 2. The Bertz CT molecular complexity index is 335. The second-order valence-electron chi connectivity index (χ2n) is 3.04. The van der Waals surface area contributed by atoms with Crippen molar-refractivity contribution in [3.63, 3.8) is 0 Å². The van der Waals surface area contributed by atoms with E-state index in [2.05, 4.69) is 0 Å². The standard InChI is InChI=1S/C10H12N2O2/c11-9(13)6-8(10(12)14)7-4-2-1-3-5-7/h1-5,8H,6H2,(H2,11,13)(H2,12,14)/t8-/m0/s1. The Hall–Kier alpha value is -1.84. The fourth-order valence-corrected chi connectivity index (χ4v) is 1.27. The van der Waals surface area contributed by atoms with Gasteiger partial charge in [0, 0.05) is 6.42 Å². The minimum absolute atomic E-state index is 0.0423. The predicted molar refractivity (Wildman–Crippen MR) is 52.2 cm³/mol. The van der Waals surface area contributed by atoms with Crippen molar-refractivity contribution >= 4 is 11.8 Å². The van der Waals surface area contributed by atoms with Crippen LogP contribution in [0.5, 0.6) is 0 Å². The van der Waals surface area contributed by atoms with Gasteiger partial charge in [-0.1, -0.05) is 30.3 Å². The molecule has 2 amide bonds. The Balaban J connectivity index is 2.89. The summed E-state index contributed by atoms with van der Waals surface area (Å²) in [5.74, 6) is -1.68. The van der Waals surface area contributed by atoms with E-state index in [4.69, 9.17) is 11.5 Å². The third-order valence-corrected chi connectivity index (χ3v) is 1.95. The molecule has 1 atom stereocenters. The van der Waals surface area contributed by atoms with Gasteiger partial charge in [-0.25, -0.2) is 0 Å². The molecule has 4 heteroatoms. The van der Waals surface area contributed by atoms with E-state index in [1.54, 1.807) is 24.3 Å². The molecule has 4 N–H and O–H groups in total. The predicted octanol–water partition coefficient (Wildman–Crippen LogP) is 0.131. The van der Waals surface area contributed by atoms with Gasteiger partial charge in [-0.15, -0.1) is 0 Å². The highest BCUT2D eigenvalue weighted by Gasteiger charge is 2.19. The number of hydrogen-bond donors (Lipinski definition) is 2. The minimum Gasteiger partial charge on any atom is -0.370 e. The third kappa shape index (κ3) is 2.58. The summed E-state index contributed by atoms with van der Waals surface area (Å²) >= 11 is 0. The van der Waals surface area contributed by atoms with Crippen molar-refractivity contribution in [1.82, 2.24) is 0 Å². The van der Waals surface area contributed by atoms with Gasteiger partial charge in [0.25, 0.3) is 0 Å². The average molecular weight is 192 g/mol. The van der Waals surface area contributed by atoms with Gasteiger partial charge >= 0.3 is 0 Å².